The van der Waals surface area contributed by atoms with Crippen LogP contribution >= 0.6 is 0 Å². The van der Waals surface area contributed by atoms with Gasteiger partial charge in [0.2, 0.25) is 11.6 Å². The monoisotopic (exact) mass is 492 g/mol. The van der Waals surface area contributed by atoms with Crippen molar-refractivity contribution < 1.29 is 27.0 Å². The predicted molar refractivity (Wildman–Crippen MR) is 134 cm³/mol. The lowest BCUT2D eigenvalue weighted by Crippen LogP contribution is -2.02. The molecule has 0 aliphatic heterocycles. The quantitative estimate of drug-likeness (QED) is 0.229. The summed E-state index contributed by atoms with van der Waals surface area (Å²) in [5, 5.41) is 0. The first kappa shape index (κ1) is 25.0. The maximum absolute atomic E-state index is 15.0. The molecule has 0 fully saturated rings. The molecule has 0 radical (unpaired) electrons. The SMILES string of the molecule is C/C=C/c1ccc(-c2ccc(-c3ccc(COc4ccc(OCC)c(F)c4F)cc3)c(F)c2F)cc1. The molecule has 0 aromatic heterocycles. The smallest absolute Gasteiger partial charge is 0.204 e. The van der Waals surface area contributed by atoms with Gasteiger partial charge >= 0.3 is 0 Å². The molecule has 36 heavy (non-hydrogen) atoms. The molecule has 0 heterocycles. The van der Waals surface area contributed by atoms with Gasteiger partial charge in [-0.25, -0.2) is 8.78 Å². The van der Waals surface area contributed by atoms with E-state index in [-0.39, 0.29) is 35.8 Å². The molecular weight excluding hydrogens is 468 g/mol. The first-order valence-corrected chi connectivity index (χ1v) is 11.5. The molecule has 0 N–H and O–H groups in total. The van der Waals surface area contributed by atoms with Gasteiger partial charge in [0, 0.05) is 11.1 Å². The lowest BCUT2D eigenvalue weighted by atomic mass is 9.97. The topological polar surface area (TPSA) is 18.5 Å². The molecule has 0 aliphatic carbocycles. The van der Waals surface area contributed by atoms with Crippen molar-refractivity contribution in [2.75, 3.05) is 6.61 Å². The number of allylic oxidation sites excluding steroid dienone is 1. The standard InChI is InChI=1S/C30H24F4O2/c1-3-5-19-6-10-21(11-7-19)23-14-15-24(28(32)27(23)31)22-12-8-20(9-13-22)18-36-26-17-16-25(35-4-2)29(33)30(26)34/h3,5-17H,4,18H2,1-2H3/b5-3+. The van der Waals surface area contributed by atoms with E-state index in [0.717, 1.165) is 5.56 Å². The lowest BCUT2D eigenvalue weighted by Gasteiger charge is -2.12. The summed E-state index contributed by atoms with van der Waals surface area (Å²) in [6, 6.07) is 19.4. The summed E-state index contributed by atoms with van der Waals surface area (Å²) in [6.07, 6.45) is 3.82. The fourth-order valence-corrected chi connectivity index (χ4v) is 3.80. The predicted octanol–water partition coefficient (Wildman–Crippen LogP) is 8.59. The van der Waals surface area contributed by atoms with Crippen molar-refractivity contribution in [3.63, 3.8) is 0 Å². The Kier molecular flexibility index (Phi) is 7.74. The van der Waals surface area contributed by atoms with Gasteiger partial charge in [-0.2, -0.15) is 8.78 Å². The average molecular weight is 493 g/mol. The molecule has 4 aromatic rings. The largest absolute Gasteiger partial charge is 0.491 e. The highest BCUT2D eigenvalue weighted by atomic mass is 19.2. The van der Waals surface area contributed by atoms with Crippen LogP contribution in [0.5, 0.6) is 11.5 Å². The van der Waals surface area contributed by atoms with E-state index < -0.39 is 23.3 Å². The second kappa shape index (κ2) is 11.1. The Morgan fingerprint density at radius 2 is 1.11 bits per heavy atom. The highest BCUT2D eigenvalue weighted by molar-refractivity contribution is 5.72. The molecular formula is C30H24F4O2. The van der Waals surface area contributed by atoms with E-state index in [9.17, 15) is 17.6 Å². The molecule has 4 rings (SSSR count). The Labute approximate surface area is 207 Å². The van der Waals surface area contributed by atoms with Gasteiger partial charge in [0.25, 0.3) is 0 Å². The van der Waals surface area contributed by atoms with Crippen LogP contribution in [0.1, 0.15) is 25.0 Å². The molecule has 0 bridgehead atoms. The Balaban J connectivity index is 1.49. The van der Waals surface area contributed by atoms with Crippen molar-refractivity contribution in [2.24, 2.45) is 0 Å². The van der Waals surface area contributed by atoms with Crippen molar-refractivity contribution in [1.82, 2.24) is 0 Å². The molecule has 0 unspecified atom stereocenters. The first-order valence-electron chi connectivity index (χ1n) is 11.5. The maximum atomic E-state index is 15.0. The van der Waals surface area contributed by atoms with E-state index in [1.807, 2.05) is 31.2 Å². The maximum Gasteiger partial charge on any atom is 0.204 e. The molecule has 0 spiro atoms. The summed E-state index contributed by atoms with van der Waals surface area (Å²) in [4.78, 5) is 0. The lowest BCUT2D eigenvalue weighted by molar-refractivity contribution is 0.274. The molecule has 184 valence electrons. The minimum Gasteiger partial charge on any atom is -0.491 e. The zero-order chi connectivity index (χ0) is 25.7. The normalized spacial score (nSPS) is 11.2. The summed E-state index contributed by atoms with van der Waals surface area (Å²) in [5.74, 6) is -4.54. The Morgan fingerprint density at radius 1 is 0.611 bits per heavy atom. The van der Waals surface area contributed by atoms with E-state index >= 15 is 0 Å². The van der Waals surface area contributed by atoms with Gasteiger partial charge in [-0.1, -0.05) is 72.8 Å². The molecule has 0 aliphatic rings. The third-order valence-corrected chi connectivity index (χ3v) is 5.63. The van der Waals surface area contributed by atoms with Crippen molar-refractivity contribution in [3.05, 3.63) is 113 Å². The van der Waals surface area contributed by atoms with E-state index in [0.29, 0.717) is 16.7 Å². The minimum atomic E-state index is -1.13. The van der Waals surface area contributed by atoms with Gasteiger partial charge in [-0.15, -0.1) is 0 Å². The van der Waals surface area contributed by atoms with Gasteiger partial charge in [-0.05, 0) is 48.2 Å². The van der Waals surface area contributed by atoms with Gasteiger partial charge in [0.1, 0.15) is 6.61 Å². The highest BCUT2D eigenvalue weighted by Crippen LogP contribution is 2.32. The summed E-state index contributed by atoms with van der Waals surface area (Å²) < 4.78 is 68.6. The van der Waals surface area contributed by atoms with Crippen LogP contribution in [0.2, 0.25) is 0 Å². The molecule has 0 atom stereocenters. The van der Waals surface area contributed by atoms with Crippen molar-refractivity contribution in [2.45, 2.75) is 20.5 Å². The number of ether oxygens (including phenoxy) is 2. The van der Waals surface area contributed by atoms with Gasteiger partial charge in [0.05, 0.1) is 6.61 Å². The number of benzene rings is 4. The van der Waals surface area contributed by atoms with Crippen LogP contribution in [0.3, 0.4) is 0 Å². The molecule has 0 saturated heterocycles. The number of hydrogen-bond donors (Lipinski definition) is 0. The van der Waals surface area contributed by atoms with E-state index in [2.05, 4.69) is 0 Å². The summed E-state index contributed by atoms with van der Waals surface area (Å²) in [6.45, 7) is 3.75. The summed E-state index contributed by atoms with van der Waals surface area (Å²) in [7, 11) is 0. The van der Waals surface area contributed by atoms with Crippen molar-refractivity contribution in [3.8, 4) is 33.8 Å². The fraction of sp³-hybridized carbons (Fsp3) is 0.133. The van der Waals surface area contributed by atoms with E-state index in [4.69, 9.17) is 9.47 Å². The number of rotatable bonds is 8. The molecule has 2 nitrogen and oxygen atoms in total. The zero-order valence-electron chi connectivity index (χ0n) is 19.8. The Morgan fingerprint density at radius 3 is 1.61 bits per heavy atom. The zero-order valence-corrected chi connectivity index (χ0v) is 19.8. The van der Waals surface area contributed by atoms with Crippen molar-refractivity contribution >= 4 is 6.08 Å². The van der Waals surface area contributed by atoms with Crippen molar-refractivity contribution in [1.29, 1.82) is 0 Å². The second-order valence-electron chi connectivity index (χ2n) is 8.02. The van der Waals surface area contributed by atoms with Crippen LogP contribution in [0.15, 0.2) is 78.9 Å². The van der Waals surface area contributed by atoms with Crippen LogP contribution < -0.4 is 9.47 Å². The van der Waals surface area contributed by atoms with Gasteiger partial charge < -0.3 is 9.47 Å². The molecule has 0 amide bonds. The Hall–Kier alpha value is -4.06. The average Bonchev–Trinajstić information content (AvgIpc) is 2.89. The van der Waals surface area contributed by atoms with E-state index in [1.165, 1.54) is 18.2 Å². The van der Waals surface area contributed by atoms with Crippen LogP contribution in [0.4, 0.5) is 17.6 Å². The second-order valence-corrected chi connectivity index (χ2v) is 8.02. The highest BCUT2D eigenvalue weighted by Gasteiger charge is 2.17. The molecule has 6 heteroatoms. The number of hydrogen-bond acceptors (Lipinski definition) is 2. The summed E-state index contributed by atoms with van der Waals surface area (Å²) in [5.41, 5.74) is 2.97. The van der Waals surface area contributed by atoms with Gasteiger partial charge in [-0.3, -0.25) is 0 Å². The Bertz CT molecular complexity index is 1380. The van der Waals surface area contributed by atoms with Crippen LogP contribution in [0, 0.1) is 23.3 Å². The van der Waals surface area contributed by atoms with E-state index in [1.54, 1.807) is 49.4 Å². The molecule has 0 saturated carbocycles. The summed E-state index contributed by atoms with van der Waals surface area (Å²) >= 11 is 0. The minimum absolute atomic E-state index is 0.0381. The molecule has 4 aromatic carbocycles. The third kappa shape index (κ3) is 5.28. The fourth-order valence-electron chi connectivity index (χ4n) is 3.80. The van der Waals surface area contributed by atoms with Crippen LogP contribution in [-0.2, 0) is 6.61 Å². The third-order valence-electron chi connectivity index (χ3n) is 5.63. The van der Waals surface area contributed by atoms with Gasteiger partial charge in [0.15, 0.2) is 23.1 Å². The van der Waals surface area contributed by atoms with Crippen LogP contribution in [0.25, 0.3) is 28.3 Å². The first-order chi connectivity index (χ1) is 17.4. The number of halogens is 4. The van der Waals surface area contributed by atoms with Crippen LogP contribution in [-0.4, -0.2) is 6.61 Å².